The molecule has 0 fully saturated rings. The van der Waals surface area contributed by atoms with E-state index in [9.17, 15) is 4.79 Å². The number of carbonyl (C=O) groups excluding carboxylic acids is 1. The Hall–Kier alpha value is -2.25. The molecule has 112 valence electrons. The molecule has 0 aliphatic carbocycles. The van der Waals surface area contributed by atoms with Crippen LogP contribution in [-0.4, -0.2) is 26.1 Å². The van der Waals surface area contributed by atoms with Gasteiger partial charge in [0.1, 0.15) is 4.88 Å². The Labute approximate surface area is 135 Å². The Morgan fingerprint density at radius 1 is 1.41 bits per heavy atom. The van der Waals surface area contributed by atoms with E-state index < -0.39 is 0 Å². The fourth-order valence-electron chi connectivity index (χ4n) is 1.83. The lowest BCUT2D eigenvalue weighted by molar-refractivity contribution is 0.102. The van der Waals surface area contributed by atoms with Crippen molar-refractivity contribution in [3.05, 3.63) is 45.4 Å². The molecule has 1 amide bonds. The van der Waals surface area contributed by atoms with Crippen molar-refractivity contribution >= 4 is 34.8 Å². The molecule has 3 rings (SSSR count). The second-order valence-corrected chi connectivity index (χ2v) is 5.94. The number of halogens is 1. The molecule has 22 heavy (non-hydrogen) atoms. The fourth-order valence-corrected chi connectivity index (χ4v) is 2.81. The molecule has 0 saturated carbocycles. The maximum Gasteiger partial charge on any atom is 0.269 e. The zero-order valence-electron chi connectivity index (χ0n) is 11.6. The monoisotopic (exact) mass is 333 g/mol. The molecule has 2 aromatic heterocycles. The number of H-pyrrole nitrogens is 1. The highest BCUT2D eigenvalue weighted by molar-refractivity contribution is 7.13. The van der Waals surface area contributed by atoms with Crippen LogP contribution in [-0.2, 0) is 6.42 Å². The van der Waals surface area contributed by atoms with Gasteiger partial charge >= 0.3 is 0 Å². The molecule has 0 aliphatic rings. The number of hydrogen-bond donors (Lipinski definition) is 2. The molecule has 0 atom stereocenters. The van der Waals surface area contributed by atoms with Crippen LogP contribution in [0.15, 0.2) is 30.5 Å². The lowest BCUT2D eigenvalue weighted by Crippen LogP contribution is -2.11. The van der Waals surface area contributed by atoms with E-state index in [2.05, 4.69) is 25.5 Å². The summed E-state index contributed by atoms with van der Waals surface area (Å²) in [6.45, 7) is 1.99. The average Bonchev–Trinajstić information content (AvgIpc) is 3.16. The van der Waals surface area contributed by atoms with Crippen molar-refractivity contribution in [3.63, 3.8) is 0 Å². The van der Waals surface area contributed by atoms with Gasteiger partial charge in [-0.05, 0) is 18.6 Å². The maximum atomic E-state index is 12.1. The number of nitrogens with one attached hydrogen (secondary N) is 2. The largest absolute Gasteiger partial charge is 0.288 e. The minimum Gasteiger partial charge on any atom is -0.288 e. The predicted octanol–water partition coefficient (Wildman–Crippen LogP) is 3.40. The summed E-state index contributed by atoms with van der Waals surface area (Å²) in [5.74, 6) is 0.424. The van der Waals surface area contributed by atoms with Crippen molar-refractivity contribution in [2.45, 2.75) is 13.3 Å². The van der Waals surface area contributed by atoms with Crippen molar-refractivity contribution in [3.8, 4) is 11.4 Å². The normalized spacial score (nSPS) is 10.6. The van der Waals surface area contributed by atoms with E-state index in [-0.39, 0.29) is 11.9 Å². The number of aromatic amines is 1. The summed E-state index contributed by atoms with van der Waals surface area (Å²) in [5, 5.41) is 10.9. The second kappa shape index (κ2) is 6.25. The van der Waals surface area contributed by atoms with E-state index in [0.29, 0.717) is 15.7 Å². The van der Waals surface area contributed by atoms with Crippen LogP contribution >= 0.6 is 22.9 Å². The topological polar surface area (TPSA) is 83.6 Å². The summed E-state index contributed by atoms with van der Waals surface area (Å²) in [6.07, 6.45) is 2.36. The Balaban J connectivity index is 1.77. The Morgan fingerprint density at radius 2 is 2.23 bits per heavy atom. The molecule has 2 heterocycles. The number of anilines is 1. The highest BCUT2D eigenvalue weighted by Gasteiger charge is 2.14. The van der Waals surface area contributed by atoms with Gasteiger partial charge in [0.15, 0.2) is 5.82 Å². The van der Waals surface area contributed by atoms with Crippen molar-refractivity contribution in [2.24, 2.45) is 0 Å². The SMILES string of the molecule is CCc1ncc(C(=O)Nc2n[nH]c(-c3ccccc3Cl)n2)s1. The first-order valence-corrected chi connectivity index (χ1v) is 7.80. The van der Waals surface area contributed by atoms with E-state index in [1.165, 1.54) is 11.3 Å². The van der Waals surface area contributed by atoms with Crippen molar-refractivity contribution < 1.29 is 4.79 Å². The summed E-state index contributed by atoms with van der Waals surface area (Å²) < 4.78 is 0. The van der Waals surface area contributed by atoms with Gasteiger partial charge in [-0.2, -0.15) is 4.98 Å². The molecule has 3 aromatic rings. The average molecular weight is 334 g/mol. The first kappa shape index (κ1) is 14.7. The summed E-state index contributed by atoms with van der Waals surface area (Å²) in [5.41, 5.74) is 0.725. The number of carbonyl (C=O) groups is 1. The van der Waals surface area contributed by atoms with Gasteiger partial charge < -0.3 is 0 Å². The van der Waals surface area contributed by atoms with Crippen LogP contribution in [0.2, 0.25) is 5.02 Å². The van der Waals surface area contributed by atoms with E-state index >= 15 is 0 Å². The third-order valence-corrected chi connectivity index (χ3v) is 4.39. The quantitative estimate of drug-likeness (QED) is 0.766. The fraction of sp³-hybridized carbons (Fsp3) is 0.143. The Kier molecular flexibility index (Phi) is 4.17. The molecule has 0 aliphatic heterocycles. The third-order valence-electron chi connectivity index (χ3n) is 2.92. The highest BCUT2D eigenvalue weighted by atomic mass is 35.5. The van der Waals surface area contributed by atoms with Gasteiger partial charge in [-0.25, -0.2) is 4.98 Å². The summed E-state index contributed by atoms with van der Waals surface area (Å²) in [7, 11) is 0. The molecular formula is C14H12ClN5OS. The zero-order chi connectivity index (χ0) is 15.5. The van der Waals surface area contributed by atoms with E-state index in [4.69, 9.17) is 11.6 Å². The molecule has 0 saturated heterocycles. The van der Waals surface area contributed by atoms with Gasteiger partial charge in [-0.1, -0.05) is 30.7 Å². The Morgan fingerprint density at radius 3 is 2.95 bits per heavy atom. The number of aryl methyl sites for hydroxylation is 1. The van der Waals surface area contributed by atoms with Gasteiger partial charge in [0.25, 0.3) is 5.91 Å². The van der Waals surface area contributed by atoms with Crippen LogP contribution in [0.3, 0.4) is 0 Å². The molecule has 1 aromatic carbocycles. The summed E-state index contributed by atoms with van der Waals surface area (Å²) in [4.78, 5) is 21.0. The third kappa shape index (κ3) is 3.00. The molecule has 6 nitrogen and oxygen atoms in total. The highest BCUT2D eigenvalue weighted by Crippen LogP contribution is 2.25. The number of amides is 1. The number of benzene rings is 1. The van der Waals surface area contributed by atoms with Gasteiger partial charge in [0.2, 0.25) is 5.95 Å². The maximum absolute atomic E-state index is 12.1. The van der Waals surface area contributed by atoms with Crippen molar-refractivity contribution in [1.29, 1.82) is 0 Å². The van der Waals surface area contributed by atoms with Crippen LogP contribution in [0.1, 0.15) is 21.6 Å². The van der Waals surface area contributed by atoms with E-state index in [1.54, 1.807) is 12.3 Å². The molecular weight excluding hydrogens is 322 g/mol. The van der Waals surface area contributed by atoms with Crippen molar-refractivity contribution in [1.82, 2.24) is 20.2 Å². The number of nitrogens with zero attached hydrogens (tertiary/aromatic N) is 3. The van der Waals surface area contributed by atoms with Crippen LogP contribution in [0.25, 0.3) is 11.4 Å². The molecule has 0 bridgehead atoms. The number of rotatable bonds is 4. The smallest absolute Gasteiger partial charge is 0.269 e. The van der Waals surface area contributed by atoms with E-state index in [0.717, 1.165) is 17.0 Å². The number of aromatic nitrogens is 4. The van der Waals surface area contributed by atoms with Gasteiger partial charge in [-0.15, -0.1) is 16.4 Å². The first-order chi connectivity index (χ1) is 10.7. The molecule has 2 N–H and O–H groups in total. The van der Waals surface area contributed by atoms with Gasteiger partial charge in [-0.3, -0.25) is 15.2 Å². The lowest BCUT2D eigenvalue weighted by atomic mass is 10.2. The van der Waals surface area contributed by atoms with Crippen LogP contribution in [0.4, 0.5) is 5.95 Å². The first-order valence-electron chi connectivity index (χ1n) is 6.60. The molecule has 0 radical (unpaired) electrons. The van der Waals surface area contributed by atoms with E-state index in [1.807, 2.05) is 25.1 Å². The summed E-state index contributed by atoms with van der Waals surface area (Å²) >= 11 is 7.46. The lowest BCUT2D eigenvalue weighted by Gasteiger charge is -1.98. The van der Waals surface area contributed by atoms with Crippen LogP contribution < -0.4 is 5.32 Å². The zero-order valence-corrected chi connectivity index (χ0v) is 13.2. The standard InChI is InChI=1S/C14H12ClN5OS/c1-2-11-16-7-10(22-11)13(21)18-14-17-12(19-20-14)8-5-3-4-6-9(8)15/h3-7H,2H2,1H3,(H2,17,18,19,20,21). The van der Waals surface area contributed by atoms with Crippen LogP contribution in [0.5, 0.6) is 0 Å². The summed E-state index contributed by atoms with van der Waals surface area (Å²) in [6, 6.07) is 7.28. The second-order valence-electron chi connectivity index (χ2n) is 4.41. The Bertz CT molecular complexity index is 813. The number of thiazole rings is 1. The molecule has 0 unspecified atom stereocenters. The van der Waals surface area contributed by atoms with Crippen molar-refractivity contribution in [2.75, 3.05) is 5.32 Å². The molecule has 8 heteroatoms. The minimum atomic E-state index is -0.276. The van der Waals surface area contributed by atoms with Gasteiger partial charge in [0.05, 0.1) is 16.2 Å². The predicted molar refractivity (Wildman–Crippen MR) is 86.3 cm³/mol. The molecule has 0 spiro atoms. The number of hydrogen-bond acceptors (Lipinski definition) is 5. The van der Waals surface area contributed by atoms with Crippen LogP contribution in [0, 0.1) is 0 Å². The van der Waals surface area contributed by atoms with Gasteiger partial charge in [0, 0.05) is 5.56 Å². The minimum absolute atomic E-state index is 0.200.